The number of benzene rings is 1. The molecule has 3 rings (SSSR count). The molecule has 3 N–H and O–H groups in total. The summed E-state index contributed by atoms with van der Waals surface area (Å²) in [6.45, 7) is 8.31. The zero-order chi connectivity index (χ0) is 20.3. The van der Waals surface area contributed by atoms with Gasteiger partial charge in [-0.3, -0.25) is 9.69 Å². The van der Waals surface area contributed by atoms with E-state index in [4.69, 9.17) is 4.99 Å². The zero-order valence-electron chi connectivity index (χ0n) is 18.3. The molecule has 1 aliphatic carbocycles. The third kappa shape index (κ3) is 9.20. The predicted molar refractivity (Wildman–Crippen MR) is 134 cm³/mol. The molecule has 1 heterocycles. The Bertz CT molecular complexity index is 669. The Morgan fingerprint density at radius 3 is 2.43 bits per heavy atom. The number of guanidine groups is 1. The summed E-state index contributed by atoms with van der Waals surface area (Å²) in [6, 6.07) is 8.80. The van der Waals surface area contributed by atoms with E-state index in [1.54, 1.807) is 0 Å². The summed E-state index contributed by atoms with van der Waals surface area (Å²) < 4.78 is 0. The molecular weight excluding hydrogens is 489 g/mol. The molecule has 2 aliphatic rings. The van der Waals surface area contributed by atoms with E-state index in [1.165, 1.54) is 49.9 Å². The quantitative estimate of drug-likeness (QED) is 0.200. The highest BCUT2D eigenvalue weighted by Gasteiger charge is 2.28. The van der Waals surface area contributed by atoms with Crippen LogP contribution in [0.25, 0.3) is 0 Å². The van der Waals surface area contributed by atoms with E-state index in [1.807, 2.05) is 0 Å². The van der Waals surface area contributed by atoms with Crippen LogP contribution in [0, 0.1) is 5.92 Å². The lowest BCUT2D eigenvalue weighted by Gasteiger charge is -2.20. The van der Waals surface area contributed by atoms with Gasteiger partial charge in [-0.2, -0.15) is 0 Å². The first kappa shape index (κ1) is 24.9. The lowest BCUT2D eigenvalue weighted by Crippen LogP contribution is -2.41. The maximum atomic E-state index is 11.7. The van der Waals surface area contributed by atoms with Crippen molar-refractivity contribution in [2.45, 2.75) is 58.5 Å². The molecule has 0 atom stereocenters. The highest BCUT2D eigenvalue weighted by molar-refractivity contribution is 14.0. The SMILES string of the molecule is CCNC(=NCc1cccc(CN2CCCCCC2)c1)NCCNC(=O)C1CC1.I. The molecular formula is C23H38IN5O. The van der Waals surface area contributed by atoms with Crippen LogP contribution < -0.4 is 16.0 Å². The van der Waals surface area contributed by atoms with E-state index in [2.05, 4.69) is 52.0 Å². The van der Waals surface area contributed by atoms with Gasteiger partial charge in [0.05, 0.1) is 6.54 Å². The molecule has 1 amide bonds. The average Bonchev–Trinajstić information content (AvgIpc) is 3.57. The van der Waals surface area contributed by atoms with Crippen molar-refractivity contribution in [2.75, 3.05) is 32.7 Å². The van der Waals surface area contributed by atoms with E-state index < -0.39 is 0 Å². The van der Waals surface area contributed by atoms with Crippen molar-refractivity contribution in [1.29, 1.82) is 0 Å². The molecule has 2 fully saturated rings. The summed E-state index contributed by atoms with van der Waals surface area (Å²) in [5.74, 6) is 1.25. The van der Waals surface area contributed by atoms with Crippen LogP contribution in [0.1, 0.15) is 56.6 Å². The van der Waals surface area contributed by atoms with Crippen molar-refractivity contribution in [3.8, 4) is 0 Å². The van der Waals surface area contributed by atoms with Crippen molar-refractivity contribution in [3.63, 3.8) is 0 Å². The number of nitrogens with one attached hydrogen (secondary N) is 3. The molecule has 0 radical (unpaired) electrons. The molecule has 1 aliphatic heterocycles. The van der Waals surface area contributed by atoms with Crippen molar-refractivity contribution < 1.29 is 4.79 Å². The number of hydrogen-bond donors (Lipinski definition) is 3. The fourth-order valence-corrected chi connectivity index (χ4v) is 3.75. The number of carbonyl (C=O) groups excluding carboxylic acids is 1. The van der Waals surface area contributed by atoms with Gasteiger partial charge in [0.15, 0.2) is 5.96 Å². The number of aliphatic imine (C=N–C) groups is 1. The van der Waals surface area contributed by atoms with E-state index in [0.717, 1.165) is 31.9 Å². The predicted octanol–water partition coefficient (Wildman–Crippen LogP) is 3.26. The smallest absolute Gasteiger partial charge is 0.223 e. The number of hydrogen-bond acceptors (Lipinski definition) is 3. The maximum absolute atomic E-state index is 11.7. The minimum absolute atomic E-state index is 0. The number of carbonyl (C=O) groups is 1. The zero-order valence-corrected chi connectivity index (χ0v) is 20.6. The fraction of sp³-hybridized carbons (Fsp3) is 0.652. The lowest BCUT2D eigenvalue weighted by molar-refractivity contribution is -0.122. The van der Waals surface area contributed by atoms with Gasteiger partial charge < -0.3 is 16.0 Å². The average molecular weight is 527 g/mol. The molecule has 0 unspecified atom stereocenters. The Kier molecular flexibility index (Phi) is 11.5. The third-order valence-corrected chi connectivity index (χ3v) is 5.53. The molecule has 0 bridgehead atoms. The summed E-state index contributed by atoms with van der Waals surface area (Å²) >= 11 is 0. The highest BCUT2D eigenvalue weighted by atomic mass is 127. The van der Waals surface area contributed by atoms with Crippen LogP contribution in [0.2, 0.25) is 0 Å². The van der Waals surface area contributed by atoms with Crippen molar-refractivity contribution in [1.82, 2.24) is 20.9 Å². The summed E-state index contributed by atoms with van der Waals surface area (Å²) in [7, 11) is 0. The van der Waals surface area contributed by atoms with Crippen molar-refractivity contribution >= 4 is 35.8 Å². The fourth-order valence-electron chi connectivity index (χ4n) is 3.75. The summed E-state index contributed by atoms with van der Waals surface area (Å²) in [5.41, 5.74) is 2.61. The summed E-state index contributed by atoms with van der Waals surface area (Å²) in [5, 5.41) is 9.57. The molecule has 6 nitrogen and oxygen atoms in total. The van der Waals surface area contributed by atoms with E-state index in [9.17, 15) is 4.79 Å². The van der Waals surface area contributed by atoms with E-state index in [0.29, 0.717) is 19.6 Å². The first-order chi connectivity index (χ1) is 14.2. The molecule has 1 saturated heterocycles. The van der Waals surface area contributed by atoms with Crippen LogP contribution >= 0.6 is 24.0 Å². The summed E-state index contributed by atoms with van der Waals surface area (Å²) in [4.78, 5) is 19.0. The van der Waals surface area contributed by atoms with Gasteiger partial charge in [0, 0.05) is 32.1 Å². The number of likely N-dealkylation sites (tertiary alicyclic amines) is 1. The van der Waals surface area contributed by atoms with Crippen LogP contribution in [0.3, 0.4) is 0 Å². The van der Waals surface area contributed by atoms with Gasteiger partial charge in [0.2, 0.25) is 5.91 Å². The topological polar surface area (TPSA) is 68.8 Å². The van der Waals surface area contributed by atoms with Crippen LogP contribution in [0.5, 0.6) is 0 Å². The van der Waals surface area contributed by atoms with Gasteiger partial charge in [-0.1, -0.05) is 37.1 Å². The standard InChI is InChI=1S/C23H37N5O.HI/c1-2-24-23(26-13-12-25-22(29)21-10-11-21)27-17-19-8-7-9-20(16-19)18-28-14-5-3-4-6-15-28;/h7-9,16,21H,2-6,10-15,17-18H2,1H3,(H,25,29)(H2,24,26,27);1H. The van der Waals surface area contributed by atoms with Crippen molar-refractivity contribution in [3.05, 3.63) is 35.4 Å². The molecule has 1 aromatic rings. The van der Waals surface area contributed by atoms with Gasteiger partial charge in [0.25, 0.3) is 0 Å². The molecule has 0 spiro atoms. The van der Waals surface area contributed by atoms with Crippen LogP contribution in [0.4, 0.5) is 0 Å². The lowest BCUT2D eigenvalue weighted by atomic mass is 10.1. The largest absolute Gasteiger partial charge is 0.357 e. The second-order valence-electron chi connectivity index (χ2n) is 8.20. The first-order valence-corrected chi connectivity index (χ1v) is 11.3. The second-order valence-corrected chi connectivity index (χ2v) is 8.20. The molecule has 30 heavy (non-hydrogen) atoms. The van der Waals surface area contributed by atoms with Gasteiger partial charge in [-0.05, 0) is 56.8 Å². The monoisotopic (exact) mass is 527 g/mol. The number of amides is 1. The summed E-state index contributed by atoms with van der Waals surface area (Å²) in [6.07, 6.45) is 7.47. The molecule has 1 aromatic carbocycles. The minimum atomic E-state index is 0. The first-order valence-electron chi connectivity index (χ1n) is 11.3. The second kappa shape index (κ2) is 13.9. The molecule has 168 valence electrons. The van der Waals surface area contributed by atoms with Crippen LogP contribution in [-0.4, -0.2) is 49.5 Å². The Morgan fingerprint density at radius 2 is 1.73 bits per heavy atom. The Morgan fingerprint density at radius 1 is 1.03 bits per heavy atom. The minimum Gasteiger partial charge on any atom is -0.357 e. The number of halogens is 1. The molecule has 0 aromatic heterocycles. The van der Waals surface area contributed by atoms with Crippen molar-refractivity contribution in [2.24, 2.45) is 10.9 Å². The Labute approximate surface area is 198 Å². The molecule has 1 saturated carbocycles. The highest BCUT2D eigenvalue weighted by Crippen LogP contribution is 2.28. The molecule has 7 heteroatoms. The van der Waals surface area contributed by atoms with Crippen LogP contribution in [0.15, 0.2) is 29.3 Å². The number of rotatable bonds is 9. The van der Waals surface area contributed by atoms with Gasteiger partial charge in [-0.15, -0.1) is 24.0 Å². The Balaban J connectivity index is 0.00000320. The third-order valence-electron chi connectivity index (χ3n) is 5.53. The van der Waals surface area contributed by atoms with E-state index in [-0.39, 0.29) is 35.8 Å². The van der Waals surface area contributed by atoms with Gasteiger partial charge >= 0.3 is 0 Å². The number of nitrogens with zero attached hydrogens (tertiary/aromatic N) is 2. The van der Waals surface area contributed by atoms with Crippen LogP contribution in [-0.2, 0) is 17.9 Å². The Hall–Kier alpha value is -1.35. The van der Waals surface area contributed by atoms with Gasteiger partial charge in [-0.25, -0.2) is 4.99 Å². The maximum Gasteiger partial charge on any atom is 0.223 e. The normalized spacial score (nSPS) is 17.6. The van der Waals surface area contributed by atoms with Gasteiger partial charge in [0.1, 0.15) is 0 Å². The van der Waals surface area contributed by atoms with E-state index >= 15 is 0 Å².